The number of amides is 2. The lowest BCUT2D eigenvalue weighted by atomic mass is 10.0. The first-order valence-electron chi connectivity index (χ1n) is 8.20. The Kier molecular flexibility index (Phi) is 4.52. The average molecular weight is 303 g/mol. The predicted octanol–water partition coefficient (Wildman–Crippen LogP) is 1.95. The van der Waals surface area contributed by atoms with Crippen LogP contribution in [0.4, 0.5) is 10.5 Å². The molecule has 0 spiro atoms. The number of hydrogen-bond acceptors (Lipinski definition) is 3. The molecule has 120 valence electrons. The number of aliphatic hydroxyl groups excluding tert-OH is 1. The normalized spacial score (nSPS) is 19.1. The van der Waals surface area contributed by atoms with Crippen molar-refractivity contribution in [3.05, 3.63) is 29.3 Å². The van der Waals surface area contributed by atoms with E-state index in [1.165, 1.54) is 24.1 Å². The van der Waals surface area contributed by atoms with Gasteiger partial charge in [-0.15, -0.1) is 0 Å². The van der Waals surface area contributed by atoms with Crippen LogP contribution in [-0.2, 0) is 6.42 Å². The van der Waals surface area contributed by atoms with E-state index < -0.39 is 6.10 Å². The highest BCUT2D eigenvalue weighted by atomic mass is 16.3. The van der Waals surface area contributed by atoms with Crippen LogP contribution in [0.2, 0.25) is 0 Å². The highest BCUT2D eigenvalue weighted by molar-refractivity contribution is 5.74. The summed E-state index contributed by atoms with van der Waals surface area (Å²) in [4.78, 5) is 14.0. The number of urea groups is 1. The molecule has 1 aromatic rings. The summed E-state index contributed by atoms with van der Waals surface area (Å²) in [6.07, 6.45) is 4.87. The highest BCUT2D eigenvalue weighted by Gasteiger charge is 2.19. The van der Waals surface area contributed by atoms with Gasteiger partial charge in [-0.2, -0.15) is 0 Å². The van der Waals surface area contributed by atoms with Crippen molar-refractivity contribution in [3.63, 3.8) is 0 Å². The van der Waals surface area contributed by atoms with Crippen molar-refractivity contribution in [2.24, 2.45) is 0 Å². The molecule has 5 heteroatoms. The fourth-order valence-corrected chi connectivity index (χ4v) is 3.41. The molecule has 2 aliphatic rings. The summed E-state index contributed by atoms with van der Waals surface area (Å²) in [5, 5.41) is 16.0. The molecule has 0 radical (unpaired) electrons. The quantitative estimate of drug-likeness (QED) is 0.796. The number of fused-ring (bicyclic) bond motifs is 1. The van der Waals surface area contributed by atoms with Gasteiger partial charge in [-0.1, -0.05) is 25.0 Å². The summed E-state index contributed by atoms with van der Waals surface area (Å²) < 4.78 is 0. The van der Waals surface area contributed by atoms with Gasteiger partial charge in [-0.05, 0) is 36.5 Å². The van der Waals surface area contributed by atoms with Gasteiger partial charge in [-0.3, -0.25) is 0 Å². The molecule has 0 saturated heterocycles. The zero-order valence-electron chi connectivity index (χ0n) is 13.1. The molecule has 1 aliphatic carbocycles. The summed E-state index contributed by atoms with van der Waals surface area (Å²) in [6.45, 7) is 1.27. The van der Waals surface area contributed by atoms with Gasteiger partial charge in [0.25, 0.3) is 0 Å². The number of nitrogens with zero attached hydrogens (tertiary/aromatic N) is 1. The maximum atomic E-state index is 11.8. The van der Waals surface area contributed by atoms with Gasteiger partial charge in [0, 0.05) is 31.9 Å². The topological polar surface area (TPSA) is 64.6 Å². The van der Waals surface area contributed by atoms with Gasteiger partial charge in [0.1, 0.15) is 0 Å². The number of carbonyl (C=O) groups excluding carboxylic acids is 1. The van der Waals surface area contributed by atoms with Gasteiger partial charge >= 0.3 is 6.03 Å². The van der Waals surface area contributed by atoms with Crippen LogP contribution in [0.1, 0.15) is 42.9 Å². The van der Waals surface area contributed by atoms with Gasteiger partial charge < -0.3 is 20.6 Å². The summed E-state index contributed by atoms with van der Waals surface area (Å²) in [6, 6.07) is 6.18. The second-order valence-corrected chi connectivity index (χ2v) is 6.41. The number of hydrogen-bond donors (Lipinski definition) is 3. The Morgan fingerprint density at radius 1 is 1.41 bits per heavy atom. The third kappa shape index (κ3) is 3.35. The van der Waals surface area contributed by atoms with Crippen LogP contribution in [0.3, 0.4) is 0 Å². The molecule has 1 aromatic carbocycles. The molecule has 3 N–H and O–H groups in total. The Labute approximate surface area is 131 Å². The van der Waals surface area contributed by atoms with Crippen LogP contribution in [-0.4, -0.2) is 37.3 Å². The Hall–Kier alpha value is -1.75. The van der Waals surface area contributed by atoms with Crippen molar-refractivity contribution < 1.29 is 9.90 Å². The van der Waals surface area contributed by atoms with Crippen LogP contribution in [0.25, 0.3) is 0 Å². The summed E-state index contributed by atoms with van der Waals surface area (Å²) in [5.41, 5.74) is 3.38. The van der Waals surface area contributed by atoms with Crippen molar-refractivity contribution in [1.82, 2.24) is 10.6 Å². The number of nitrogens with one attached hydrogen (secondary N) is 2. The van der Waals surface area contributed by atoms with E-state index in [0.717, 1.165) is 31.4 Å². The van der Waals surface area contributed by atoms with E-state index in [1.54, 1.807) is 0 Å². The smallest absolute Gasteiger partial charge is 0.315 e. The molecule has 22 heavy (non-hydrogen) atoms. The molecule has 1 atom stereocenters. The number of anilines is 1. The Morgan fingerprint density at radius 2 is 2.18 bits per heavy atom. The van der Waals surface area contributed by atoms with Gasteiger partial charge in [-0.25, -0.2) is 4.79 Å². The highest BCUT2D eigenvalue weighted by Crippen LogP contribution is 2.29. The minimum Gasteiger partial charge on any atom is -0.387 e. The lowest BCUT2D eigenvalue weighted by Gasteiger charge is -2.17. The van der Waals surface area contributed by atoms with E-state index in [2.05, 4.69) is 34.7 Å². The zero-order valence-corrected chi connectivity index (χ0v) is 13.1. The standard InChI is InChI=1S/C17H25N3O2/c1-20-9-8-12-10-13(6-7-15(12)20)16(21)11-18-17(22)19-14-4-2-3-5-14/h6-7,10,14,16,21H,2-5,8-9,11H2,1H3,(H2,18,19,22)/t16-/m1/s1. The minimum absolute atomic E-state index is 0.174. The van der Waals surface area contributed by atoms with Gasteiger partial charge in [0.05, 0.1) is 6.10 Å². The zero-order chi connectivity index (χ0) is 15.5. The van der Waals surface area contributed by atoms with Crippen LogP contribution in [0.15, 0.2) is 18.2 Å². The molecule has 1 saturated carbocycles. The summed E-state index contributed by atoms with van der Waals surface area (Å²) in [5.74, 6) is 0. The van der Waals surface area contributed by atoms with Crippen LogP contribution < -0.4 is 15.5 Å². The van der Waals surface area contributed by atoms with Crippen LogP contribution in [0.5, 0.6) is 0 Å². The SMILES string of the molecule is CN1CCc2cc([C@H](O)CNC(=O)NC3CCCC3)ccc21. The molecule has 1 heterocycles. The van der Waals surface area contributed by atoms with E-state index in [-0.39, 0.29) is 12.6 Å². The fraction of sp³-hybridized carbons (Fsp3) is 0.588. The van der Waals surface area contributed by atoms with Gasteiger partial charge in [0.15, 0.2) is 0 Å². The van der Waals surface area contributed by atoms with E-state index in [1.807, 2.05) is 6.07 Å². The molecule has 5 nitrogen and oxygen atoms in total. The largest absolute Gasteiger partial charge is 0.387 e. The van der Waals surface area contributed by atoms with Crippen molar-refractivity contribution in [1.29, 1.82) is 0 Å². The first-order chi connectivity index (χ1) is 10.6. The minimum atomic E-state index is -0.662. The number of benzene rings is 1. The molecule has 1 fully saturated rings. The number of aliphatic hydroxyl groups is 1. The van der Waals surface area contributed by atoms with Crippen molar-refractivity contribution in [3.8, 4) is 0 Å². The average Bonchev–Trinajstić information content (AvgIpc) is 3.15. The van der Waals surface area contributed by atoms with E-state index in [4.69, 9.17) is 0 Å². The molecule has 0 bridgehead atoms. The Morgan fingerprint density at radius 3 is 2.95 bits per heavy atom. The second-order valence-electron chi connectivity index (χ2n) is 6.41. The lowest BCUT2D eigenvalue weighted by Crippen LogP contribution is -2.42. The summed E-state index contributed by atoms with van der Waals surface area (Å²) in [7, 11) is 2.08. The van der Waals surface area contributed by atoms with Crippen molar-refractivity contribution in [2.75, 3.05) is 25.0 Å². The van der Waals surface area contributed by atoms with Crippen LogP contribution >= 0.6 is 0 Å². The second kappa shape index (κ2) is 6.57. The van der Waals surface area contributed by atoms with Crippen molar-refractivity contribution in [2.45, 2.75) is 44.2 Å². The lowest BCUT2D eigenvalue weighted by molar-refractivity contribution is 0.172. The Balaban J connectivity index is 1.51. The third-order valence-electron chi connectivity index (χ3n) is 4.76. The third-order valence-corrected chi connectivity index (χ3v) is 4.76. The Bertz CT molecular complexity index is 541. The van der Waals surface area contributed by atoms with Crippen LogP contribution in [0, 0.1) is 0 Å². The first kappa shape index (κ1) is 15.2. The van der Waals surface area contributed by atoms with E-state index in [9.17, 15) is 9.90 Å². The van der Waals surface area contributed by atoms with E-state index in [0.29, 0.717) is 6.04 Å². The van der Waals surface area contributed by atoms with Gasteiger partial charge in [0.2, 0.25) is 0 Å². The van der Waals surface area contributed by atoms with Crippen molar-refractivity contribution >= 4 is 11.7 Å². The monoisotopic (exact) mass is 303 g/mol. The molecule has 1 aliphatic heterocycles. The number of rotatable bonds is 4. The predicted molar refractivity (Wildman–Crippen MR) is 87.2 cm³/mol. The maximum absolute atomic E-state index is 11.8. The molecule has 0 unspecified atom stereocenters. The first-order valence-corrected chi connectivity index (χ1v) is 8.20. The molecular formula is C17H25N3O2. The van der Waals surface area contributed by atoms with E-state index >= 15 is 0 Å². The summed E-state index contributed by atoms with van der Waals surface area (Å²) >= 11 is 0. The molecule has 3 rings (SSSR count). The molecular weight excluding hydrogens is 278 g/mol. The number of likely N-dealkylation sites (N-methyl/N-ethyl adjacent to an activating group) is 1. The maximum Gasteiger partial charge on any atom is 0.315 e. The molecule has 2 amide bonds. The number of carbonyl (C=O) groups is 1. The fourth-order valence-electron chi connectivity index (χ4n) is 3.41. The molecule has 0 aromatic heterocycles.